The van der Waals surface area contributed by atoms with Crippen molar-refractivity contribution in [3.8, 4) is 11.1 Å². The van der Waals surface area contributed by atoms with Crippen molar-refractivity contribution in [2.24, 2.45) is 0 Å². The number of halogens is 1. The molecule has 6 rings (SSSR count). The van der Waals surface area contributed by atoms with Gasteiger partial charge in [0.2, 0.25) is 5.95 Å². The normalized spacial score (nSPS) is 21.0. The molecule has 1 saturated heterocycles. The Morgan fingerprint density at radius 3 is 2.41 bits per heavy atom. The lowest BCUT2D eigenvalue weighted by atomic mass is 9.89. The summed E-state index contributed by atoms with van der Waals surface area (Å²) in [5.41, 5.74) is 7.45. The summed E-state index contributed by atoms with van der Waals surface area (Å²) < 4.78 is 25.2. The van der Waals surface area contributed by atoms with Gasteiger partial charge < -0.3 is 9.47 Å². The number of rotatable bonds is 3. The second-order valence-corrected chi connectivity index (χ2v) is 9.13. The Hall–Kier alpha value is -3.51. The van der Waals surface area contributed by atoms with Crippen LogP contribution in [-0.2, 0) is 9.47 Å². The predicted octanol–water partition coefficient (Wildman–Crippen LogP) is 5.33. The van der Waals surface area contributed by atoms with E-state index in [2.05, 4.69) is 29.2 Å². The van der Waals surface area contributed by atoms with Gasteiger partial charge in [-0.15, -0.1) is 0 Å². The minimum absolute atomic E-state index is 0.0243. The quantitative estimate of drug-likeness (QED) is 0.500. The molecule has 172 valence electrons. The van der Waals surface area contributed by atoms with Gasteiger partial charge in [0.15, 0.2) is 0 Å². The first-order valence-corrected chi connectivity index (χ1v) is 11.7. The van der Waals surface area contributed by atoms with E-state index in [1.807, 2.05) is 42.2 Å². The van der Waals surface area contributed by atoms with E-state index < -0.39 is 5.95 Å². The maximum atomic E-state index is 13.5. The molecule has 5 nitrogen and oxygen atoms in total. The Morgan fingerprint density at radius 1 is 1.03 bits per heavy atom. The highest BCUT2D eigenvalue weighted by molar-refractivity contribution is 5.79. The fraction of sp³-hybridized carbons (Fsp3) is 0.286. The van der Waals surface area contributed by atoms with Crippen molar-refractivity contribution in [1.29, 1.82) is 0 Å². The van der Waals surface area contributed by atoms with Crippen LogP contribution in [0.4, 0.5) is 9.18 Å². The summed E-state index contributed by atoms with van der Waals surface area (Å²) in [5, 5.41) is 0. The summed E-state index contributed by atoms with van der Waals surface area (Å²) in [6.07, 6.45) is 2.35. The molecule has 2 atom stereocenters. The van der Waals surface area contributed by atoms with Gasteiger partial charge in [-0.2, -0.15) is 4.39 Å². The molecule has 1 aromatic heterocycles. The SMILES string of the molecule is Cc1nc(F)ccc1C1=CC2COCC(C1)N2C(=O)OCC1c2ccccc2-c2ccccc21. The molecule has 0 saturated carbocycles. The first kappa shape index (κ1) is 21.1. The number of amides is 1. The summed E-state index contributed by atoms with van der Waals surface area (Å²) in [5.74, 6) is -0.460. The molecule has 0 spiro atoms. The van der Waals surface area contributed by atoms with Gasteiger partial charge in [0.25, 0.3) is 0 Å². The Balaban J connectivity index is 1.23. The zero-order valence-electron chi connectivity index (χ0n) is 18.9. The standard InChI is InChI=1S/C28H25FN2O3/c1-17-21(10-11-27(29)30-17)18-12-19-14-33-15-20(13-18)31(19)28(32)34-16-26-24-8-4-2-6-22(24)23-7-3-5-9-25(23)26/h2-12,19-20,26H,13-16H2,1H3. The number of fused-ring (bicyclic) bond motifs is 5. The zero-order chi connectivity index (χ0) is 23.2. The number of morpholine rings is 1. The van der Waals surface area contributed by atoms with Gasteiger partial charge in [-0.1, -0.05) is 54.6 Å². The number of aromatic nitrogens is 1. The third-order valence-corrected chi connectivity index (χ3v) is 7.14. The monoisotopic (exact) mass is 456 g/mol. The van der Waals surface area contributed by atoms with Gasteiger partial charge in [-0.3, -0.25) is 4.90 Å². The Labute approximate surface area is 197 Å². The topological polar surface area (TPSA) is 51.7 Å². The third kappa shape index (κ3) is 3.49. The zero-order valence-corrected chi connectivity index (χ0v) is 18.9. The van der Waals surface area contributed by atoms with E-state index >= 15 is 0 Å². The number of nitrogens with zero attached hydrogens (tertiary/aromatic N) is 2. The number of pyridine rings is 1. The molecule has 3 heterocycles. The first-order valence-electron chi connectivity index (χ1n) is 11.7. The van der Waals surface area contributed by atoms with Gasteiger partial charge in [0, 0.05) is 11.6 Å². The number of ether oxygens (including phenoxy) is 2. The van der Waals surface area contributed by atoms with E-state index in [-0.39, 0.29) is 24.1 Å². The number of benzene rings is 2. The van der Waals surface area contributed by atoms with Crippen LogP contribution >= 0.6 is 0 Å². The number of carbonyl (C=O) groups excluding carboxylic acids is 1. The number of hydrogen-bond acceptors (Lipinski definition) is 4. The van der Waals surface area contributed by atoms with Gasteiger partial charge in [0.05, 0.1) is 25.3 Å². The average Bonchev–Trinajstić information content (AvgIpc) is 3.15. The lowest BCUT2D eigenvalue weighted by Gasteiger charge is -2.44. The molecule has 0 radical (unpaired) electrons. The van der Waals surface area contributed by atoms with Crippen LogP contribution < -0.4 is 0 Å². The van der Waals surface area contributed by atoms with E-state index in [4.69, 9.17) is 9.47 Å². The summed E-state index contributed by atoms with van der Waals surface area (Å²) in [4.78, 5) is 19.1. The van der Waals surface area contributed by atoms with Crippen LogP contribution in [0.1, 0.15) is 34.7 Å². The highest BCUT2D eigenvalue weighted by Crippen LogP contribution is 2.44. The van der Waals surface area contributed by atoms with Crippen molar-refractivity contribution in [2.75, 3.05) is 19.8 Å². The summed E-state index contributed by atoms with van der Waals surface area (Å²) in [6.45, 7) is 2.97. The number of aryl methyl sites for hydroxylation is 1. The van der Waals surface area contributed by atoms with Crippen LogP contribution in [0.25, 0.3) is 16.7 Å². The molecule has 3 aliphatic rings. The molecular weight excluding hydrogens is 431 g/mol. The van der Waals surface area contributed by atoms with E-state index in [0.717, 1.165) is 11.1 Å². The van der Waals surface area contributed by atoms with E-state index in [9.17, 15) is 9.18 Å². The molecule has 2 aliphatic heterocycles. The predicted molar refractivity (Wildman–Crippen MR) is 127 cm³/mol. The molecule has 1 aliphatic carbocycles. The molecule has 2 bridgehead atoms. The molecule has 34 heavy (non-hydrogen) atoms. The Bertz CT molecular complexity index is 1260. The van der Waals surface area contributed by atoms with Crippen molar-refractivity contribution >= 4 is 11.7 Å². The highest BCUT2D eigenvalue weighted by atomic mass is 19.1. The van der Waals surface area contributed by atoms with Crippen LogP contribution in [0.5, 0.6) is 0 Å². The minimum Gasteiger partial charge on any atom is -0.448 e. The minimum atomic E-state index is -0.485. The Morgan fingerprint density at radius 2 is 1.74 bits per heavy atom. The number of carbonyl (C=O) groups is 1. The number of hydrogen-bond donors (Lipinski definition) is 0. The average molecular weight is 457 g/mol. The maximum Gasteiger partial charge on any atom is 0.410 e. The van der Waals surface area contributed by atoms with Gasteiger partial charge >= 0.3 is 6.09 Å². The largest absolute Gasteiger partial charge is 0.448 e. The second-order valence-electron chi connectivity index (χ2n) is 9.13. The first-order chi connectivity index (χ1) is 16.6. The summed E-state index contributed by atoms with van der Waals surface area (Å²) in [6, 6.07) is 19.4. The van der Waals surface area contributed by atoms with Crippen molar-refractivity contribution in [3.63, 3.8) is 0 Å². The maximum absolute atomic E-state index is 13.5. The van der Waals surface area contributed by atoms with Crippen molar-refractivity contribution < 1.29 is 18.7 Å². The molecule has 6 heteroatoms. The van der Waals surface area contributed by atoms with Crippen LogP contribution in [0.2, 0.25) is 0 Å². The lowest BCUT2D eigenvalue weighted by molar-refractivity contribution is -0.0331. The second kappa shape index (κ2) is 8.37. The van der Waals surface area contributed by atoms with Crippen molar-refractivity contribution in [2.45, 2.75) is 31.3 Å². The highest BCUT2D eigenvalue weighted by Gasteiger charge is 2.40. The van der Waals surface area contributed by atoms with E-state index in [1.165, 1.54) is 28.3 Å². The van der Waals surface area contributed by atoms with E-state index in [1.54, 1.807) is 6.07 Å². The molecular formula is C28H25FN2O3. The Kier molecular flexibility index (Phi) is 5.18. The smallest absolute Gasteiger partial charge is 0.410 e. The van der Waals surface area contributed by atoms with Gasteiger partial charge in [-0.05, 0) is 58.9 Å². The fourth-order valence-electron chi connectivity index (χ4n) is 5.62. The molecule has 3 aromatic rings. The third-order valence-electron chi connectivity index (χ3n) is 7.14. The molecule has 1 fully saturated rings. The van der Waals surface area contributed by atoms with Crippen LogP contribution in [0.3, 0.4) is 0 Å². The molecule has 2 unspecified atom stereocenters. The van der Waals surface area contributed by atoms with E-state index in [0.29, 0.717) is 31.9 Å². The van der Waals surface area contributed by atoms with Gasteiger partial charge in [-0.25, -0.2) is 9.78 Å². The lowest BCUT2D eigenvalue weighted by Crippen LogP contribution is -2.56. The fourth-order valence-corrected chi connectivity index (χ4v) is 5.62. The molecule has 0 N–H and O–H groups in total. The van der Waals surface area contributed by atoms with Gasteiger partial charge in [0.1, 0.15) is 6.61 Å². The molecule has 1 amide bonds. The van der Waals surface area contributed by atoms with Crippen LogP contribution in [0, 0.1) is 12.9 Å². The van der Waals surface area contributed by atoms with Crippen LogP contribution in [0.15, 0.2) is 66.7 Å². The van der Waals surface area contributed by atoms with Crippen LogP contribution in [-0.4, -0.2) is 47.9 Å². The molecule has 2 aromatic carbocycles. The van der Waals surface area contributed by atoms with Crippen molar-refractivity contribution in [3.05, 3.63) is 95.1 Å². The summed E-state index contributed by atoms with van der Waals surface area (Å²) in [7, 11) is 0. The summed E-state index contributed by atoms with van der Waals surface area (Å²) >= 11 is 0. The van der Waals surface area contributed by atoms with Crippen molar-refractivity contribution in [1.82, 2.24) is 9.88 Å².